The number of anilines is 1. The van der Waals surface area contributed by atoms with Crippen molar-refractivity contribution < 1.29 is 46.1 Å². The minimum Gasteiger partial charge on any atom is -0.478 e. The molecule has 1 aromatic heterocycles. The first kappa shape index (κ1) is 29.9. The van der Waals surface area contributed by atoms with Gasteiger partial charge in [-0.15, -0.1) is 0 Å². The zero-order chi connectivity index (χ0) is 30.1. The van der Waals surface area contributed by atoms with E-state index in [9.17, 15) is 35.9 Å². The number of aliphatic hydroxyl groups is 1. The van der Waals surface area contributed by atoms with Gasteiger partial charge in [0.05, 0.1) is 23.7 Å². The molecule has 41 heavy (non-hydrogen) atoms. The number of halogens is 6. The SMILES string of the molecule is C[C@H](NC(=O)c1c(C(F)(F)F)nn2c1N(Cc1ccc(CCCO)c(C(F)(F)F)c1)CC2)c1ccc(C(=O)O)cc1. The molecule has 1 atom stereocenters. The van der Waals surface area contributed by atoms with Crippen LogP contribution in [0.1, 0.15) is 68.1 Å². The number of rotatable bonds is 9. The van der Waals surface area contributed by atoms with Crippen LogP contribution in [0.25, 0.3) is 0 Å². The third-order valence-corrected chi connectivity index (χ3v) is 6.77. The first-order chi connectivity index (χ1) is 19.2. The van der Waals surface area contributed by atoms with Gasteiger partial charge in [0.1, 0.15) is 11.4 Å². The predicted molar refractivity (Wildman–Crippen MR) is 134 cm³/mol. The number of aromatic carboxylic acids is 1. The largest absolute Gasteiger partial charge is 0.478 e. The van der Waals surface area contributed by atoms with Gasteiger partial charge in [-0.2, -0.15) is 31.4 Å². The van der Waals surface area contributed by atoms with Crippen LogP contribution in [0.15, 0.2) is 42.5 Å². The summed E-state index contributed by atoms with van der Waals surface area (Å²) in [7, 11) is 0. The molecule has 0 aliphatic carbocycles. The van der Waals surface area contributed by atoms with Crippen molar-refractivity contribution in [2.24, 2.45) is 0 Å². The number of hydrogen-bond acceptors (Lipinski definition) is 5. The molecular weight excluding hydrogens is 558 g/mol. The lowest BCUT2D eigenvalue weighted by Crippen LogP contribution is -2.31. The summed E-state index contributed by atoms with van der Waals surface area (Å²) in [4.78, 5) is 25.7. The first-order valence-corrected chi connectivity index (χ1v) is 12.6. The number of fused-ring (bicyclic) bond motifs is 1. The molecule has 220 valence electrons. The van der Waals surface area contributed by atoms with Crippen molar-refractivity contribution in [2.75, 3.05) is 18.1 Å². The molecule has 0 fully saturated rings. The second-order valence-corrected chi connectivity index (χ2v) is 9.63. The van der Waals surface area contributed by atoms with Crippen molar-refractivity contribution in [3.8, 4) is 0 Å². The Labute approximate surface area is 230 Å². The van der Waals surface area contributed by atoms with E-state index in [1.54, 1.807) is 0 Å². The second kappa shape index (κ2) is 11.4. The Hall–Kier alpha value is -4.07. The van der Waals surface area contributed by atoms with Gasteiger partial charge in [-0.25, -0.2) is 9.48 Å². The summed E-state index contributed by atoms with van der Waals surface area (Å²) < 4.78 is 84.1. The van der Waals surface area contributed by atoms with Gasteiger partial charge in [0.15, 0.2) is 5.69 Å². The monoisotopic (exact) mass is 584 g/mol. The Bertz CT molecular complexity index is 1430. The minimum atomic E-state index is -4.99. The number of carbonyl (C=O) groups excluding carboxylic acids is 1. The molecule has 2 heterocycles. The third-order valence-electron chi connectivity index (χ3n) is 6.77. The van der Waals surface area contributed by atoms with E-state index in [2.05, 4.69) is 10.4 Å². The Morgan fingerprint density at radius 1 is 1.02 bits per heavy atom. The first-order valence-electron chi connectivity index (χ1n) is 12.6. The fourth-order valence-electron chi connectivity index (χ4n) is 4.77. The number of aromatic nitrogens is 2. The average Bonchev–Trinajstić information content (AvgIpc) is 3.47. The van der Waals surface area contributed by atoms with E-state index in [0.717, 1.165) is 10.7 Å². The van der Waals surface area contributed by atoms with Crippen LogP contribution in [-0.2, 0) is 31.9 Å². The van der Waals surface area contributed by atoms with E-state index < -0.39 is 47.1 Å². The lowest BCUT2D eigenvalue weighted by Gasteiger charge is -2.22. The normalized spacial score (nSPS) is 14.2. The quantitative estimate of drug-likeness (QED) is 0.304. The Morgan fingerprint density at radius 2 is 1.71 bits per heavy atom. The van der Waals surface area contributed by atoms with Crippen molar-refractivity contribution in [1.29, 1.82) is 0 Å². The summed E-state index contributed by atoms with van der Waals surface area (Å²) in [6, 6.07) is 8.29. The van der Waals surface area contributed by atoms with Crippen LogP contribution < -0.4 is 10.2 Å². The van der Waals surface area contributed by atoms with Crippen LogP contribution >= 0.6 is 0 Å². The number of carbonyl (C=O) groups is 2. The highest BCUT2D eigenvalue weighted by Gasteiger charge is 2.44. The highest BCUT2D eigenvalue weighted by Crippen LogP contribution is 2.39. The van der Waals surface area contributed by atoms with Crippen LogP contribution in [0, 0.1) is 0 Å². The molecule has 0 saturated carbocycles. The van der Waals surface area contributed by atoms with E-state index in [0.29, 0.717) is 5.56 Å². The standard InChI is InChI=1S/C27H26F6N4O4/c1-15(17-6-8-19(9-7-17)25(40)41)34-23(39)21-22(27(31,32)33)35-37-11-10-36(24(21)37)14-16-4-5-18(3-2-12-38)20(13-16)26(28,29)30/h4-9,13,15,38H,2-3,10-12,14H2,1H3,(H,34,39)(H,40,41)/t15-/m0/s1. The highest BCUT2D eigenvalue weighted by molar-refractivity contribution is 6.01. The number of nitrogens with one attached hydrogen (secondary N) is 1. The van der Waals surface area contributed by atoms with Crippen LogP contribution in [0.3, 0.4) is 0 Å². The average molecular weight is 585 g/mol. The van der Waals surface area contributed by atoms with Crippen molar-refractivity contribution in [1.82, 2.24) is 15.1 Å². The van der Waals surface area contributed by atoms with Gasteiger partial charge in [0.25, 0.3) is 5.91 Å². The van der Waals surface area contributed by atoms with Crippen molar-refractivity contribution in [3.05, 3.63) is 81.5 Å². The third kappa shape index (κ3) is 6.47. The molecule has 3 aromatic rings. The van der Waals surface area contributed by atoms with Crippen molar-refractivity contribution in [3.63, 3.8) is 0 Å². The van der Waals surface area contributed by atoms with Gasteiger partial charge in [0, 0.05) is 19.7 Å². The van der Waals surface area contributed by atoms with E-state index in [1.807, 2.05) is 0 Å². The summed E-state index contributed by atoms with van der Waals surface area (Å²) in [6.07, 6.45) is -9.53. The molecule has 0 bridgehead atoms. The maximum absolute atomic E-state index is 14.0. The number of alkyl halides is 6. The van der Waals surface area contributed by atoms with Gasteiger partial charge >= 0.3 is 18.3 Å². The Kier molecular flexibility index (Phi) is 8.34. The number of benzene rings is 2. The molecule has 0 saturated heterocycles. The molecule has 0 spiro atoms. The van der Waals surface area contributed by atoms with Crippen LogP contribution in [0.5, 0.6) is 0 Å². The molecular formula is C27H26F6N4O4. The van der Waals surface area contributed by atoms with Crippen molar-refractivity contribution >= 4 is 17.7 Å². The van der Waals surface area contributed by atoms with Crippen molar-refractivity contribution in [2.45, 2.75) is 51.2 Å². The van der Waals surface area contributed by atoms with E-state index >= 15 is 0 Å². The maximum Gasteiger partial charge on any atom is 0.436 e. The van der Waals surface area contributed by atoms with Crippen LogP contribution in [0.2, 0.25) is 0 Å². The summed E-state index contributed by atoms with van der Waals surface area (Å²) in [5.74, 6) is -2.42. The molecule has 1 aliphatic heterocycles. The molecule has 0 radical (unpaired) electrons. The zero-order valence-electron chi connectivity index (χ0n) is 21.7. The molecule has 1 amide bonds. The lowest BCUT2D eigenvalue weighted by atomic mass is 9.99. The summed E-state index contributed by atoms with van der Waals surface area (Å²) in [6.45, 7) is 1.12. The number of carboxylic acid groups (broad SMARTS) is 1. The smallest absolute Gasteiger partial charge is 0.436 e. The fraction of sp³-hybridized carbons (Fsp3) is 0.370. The number of nitrogens with zero attached hydrogens (tertiary/aromatic N) is 3. The molecule has 2 aromatic carbocycles. The zero-order valence-corrected chi connectivity index (χ0v) is 21.7. The predicted octanol–water partition coefficient (Wildman–Crippen LogP) is 5.06. The maximum atomic E-state index is 14.0. The lowest BCUT2D eigenvalue weighted by molar-refractivity contribution is -0.142. The number of amides is 1. The van der Waals surface area contributed by atoms with Gasteiger partial charge in [0.2, 0.25) is 0 Å². The molecule has 14 heteroatoms. The molecule has 4 rings (SSSR count). The molecule has 3 N–H and O–H groups in total. The summed E-state index contributed by atoms with van der Waals surface area (Å²) >= 11 is 0. The van der Waals surface area contributed by atoms with E-state index in [-0.39, 0.29) is 61.6 Å². The fourth-order valence-corrected chi connectivity index (χ4v) is 4.77. The van der Waals surface area contributed by atoms with E-state index in [4.69, 9.17) is 10.2 Å². The van der Waals surface area contributed by atoms with Gasteiger partial charge in [-0.3, -0.25) is 4.79 Å². The van der Waals surface area contributed by atoms with E-state index in [1.165, 1.54) is 48.2 Å². The minimum absolute atomic E-state index is 0.00140. The van der Waals surface area contributed by atoms with Crippen LogP contribution in [0.4, 0.5) is 32.2 Å². The number of hydrogen-bond donors (Lipinski definition) is 3. The summed E-state index contributed by atoms with van der Waals surface area (Å²) in [5.41, 5.74) is -2.46. The molecule has 0 unspecified atom stereocenters. The van der Waals surface area contributed by atoms with Gasteiger partial charge in [-0.05, 0) is 54.7 Å². The van der Waals surface area contributed by atoms with Gasteiger partial charge < -0.3 is 20.4 Å². The number of aryl methyl sites for hydroxylation is 1. The second-order valence-electron chi connectivity index (χ2n) is 9.63. The molecule has 8 nitrogen and oxygen atoms in total. The van der Waals surface area contributed by atoms with Crippen LogP contribution in [-0.4, -0.2) is 45.0 Å². The highest BCUT2D eigenvalue weighted by atomic mass is 19.4. The molecule has 1 aliphatic rings. The number of aliphatic hydroxyl groups excluding tert-OH is 1. The van der Waals surface area contributed by atoms with Gasteiger partial charge in [-0.1, -0.05) is 24.3 Å². The summed E-state index contributed by atoms with van der Waals surface area (Å²) in [5, 5.41) is 24.2. The topological polar surface area (TPSA) is 108 Å². The Morgan fingerprint density at radius 3 is 2.29 bits per heavy atom. The number of carboxylic acids is 1. The Balaban J connectivity index is 1.65.